The second-order valence-electron chi connectivity index (χ2n) is 3.79. The van der Waals surface area contributed by atoms with Crippen LogP contribution in [0.1, 0.15) is 20.3 Å². The first-order chi connectivity index (χ1) is 6.33. The average molecular weight is 198 g/mol. The Labute approximate surface area is 82.2 Å². The third kappa shape index (κ3) is 2.21. The van der Waals surface area contributed by atoms with Crippen molar-refractivity contribution >= 4 is 5.97 Å². The highest BCUT2D eigenvalue weighted by Crippen LogP contribution is 2.30. The van der Waals surface area contributed by atoms with Gasteiger partial charge in [-0.25, -0.2) is 4.79 Å². The molecule has 0 amide bonds. The third-order valence-electron chi connectivity index (χ3n) is 2.24. The number of carboxylic acid groups (broad SMARTS) is 1. The van der Waals surface area contributed by atoms with Crippen LogP contribution in [0.5, 0.6) is 0 Å². The van der Waals surface area contributed by atoms with E-state index in [0.717, 1.165) is 6.08 Å². The van der Waals surface area contributed by atoms with E-state index in [2.05, 4.69) is 0 Å². The Hall–Kier alpha value is -1.13. The Morgan fingerprint density at radius 2 is 2.07 bits per heavy atom. The quantitative estimate of drug-likeness (QED) is 0.570. The summed E-state index contributed by atoms with van der Waals surface area (Å²) >= 11 is 0. The first-order valence-corrected chi connectivity index (χ1v) is 4.44. The van der Waals surface area contributed by atoms with Crippen molar-refractivity contribution in [2.45, 2.75) is 26.1 Å². The van der Waals surface area contributed by atoms with E-state index in [4.69, 9.17) is 5.11 Å². The van der Waals surface area contributed by atoms with Gasteiger partial charge in [0.1, 0.15) is 0 Å². The lowest BCUT2D eigenvalue weighted by Gasteiger charge is -2.26. The second-order valence-corrected chi connectivity index (χ2v) is 3.79. The van der Waals surface area contributed by atoms with Gasteiger partial charge in [0, 0.05) is 6.42 Å². The molecule has 1 aliphatic rings. The molecule has 4 heteroatoms. The van der Waals surface area contributed by atoms with Crippen LogP contribution < -0.4 is 0 Å². The van der Waals surface area contributed by atoms with E-state index in [0.29, 0.717) is 5.57 Å². The molecule has 0 saturated carbocycles. The molecule has 1 aliphatic carbocycles. The molecule has 78 valence electrons. The minimum atomic E-state index is -1.90. The number of carboxylic acids is 1. The Bertz CT molecular complexity index is 310. The normalized spacial score (nSPS) is 20.4. The molecule has 0 spiro atoms. The molecular formula is C10H14O4. The van der Waals surface area contributed by atoms with Crippen LogP contribution in [0.15, 0.2) is 23.3 Å². The predicted octanol–water partition coefficient (Wildman–Crippen LogP) is 0.664. The summed E-state index contributed by atoms with van der Waals surface area (Å²) in [4.78, 5) is 10.8. The van der Waals surface area contributed by atoms with Gasteiger partial charge in [-0.1, -0.05) is 13.8 Å². The second kappa shape index (κ2) is 3.55. The Balaban J connectivity index is 3.10. The molecule has 0 aliphatic heterocycles. The largest absolute Gasteiger partial charge is 0.478 e. The number of aliphatic carboxylic acids is 1. The Kier molecular flexibility index (Phi) is 2.78. The van der Waals surface area contributed by atoms with Crippen LogP contribution in [0.2, 0.25) is 0 Å². The van der Waals surface area contributed by atoms with E-state index in [1.807, 2.05) is 13.8 Å². The van der Waals surface area contributed by atoms with Crippen LogP contribution in [-0.2, 0) is 4.79 Å². The van der Waals surface area contributed by atoms with Crippen LogP contribution in [0, 0.1) is 5.92 Å². The number of hydrogen-bond acceptors (Lipinski definition) is 3. The predicted molar refractivity (Wildman–Crippen MR) is 50.4 cm³/mol. The third-order valence-corrected chi connectivity index (χ3v) is 2.24. The van der Waals surface area contributed by atoms with Crippen LogP contribution in [0.4, 0.5) is 0 Å². The molecule has 14 heavy (non-hydrogen) atoms. The van der Waals surface area contributed by atoms with Crippen molar-refractivity contribution < 1.29 is 20.1 Å². The molecule has 0 radical (unpaired) electrons. The zero-order valence-corrected chi connectivity index (χ0v) is 8.19. The lowest BCUT2D eigenvalue weighted by atomic mass is 9.86. The standard InChI is InChI=1S/C10H14O4/c1-6(2)8-5-10(13,14)4-3-7(8)9(11)12/h3-4,6,13-14H,5H2,1-2H3,(H,11,12). The topological polar surface area (TPSA) is 77.8 Å². The molecule has 0 aromatic rings. The molecule has 0 aromatic heterocycles. The van der Waals surface area contributed by atoms with Crippen LogP contribution >= 0.6 is 0 Å². The first-order valence-electron chi connectivity index (χ1n) is 4.44. The van der Waals surface area contributed by atoms with E-state index in [9.17, 15) is 15.0 Å². The highest BCUT2D eigenvalue weighted by atomic mass is 16.5. The van der Waals surface area contributed by atoms with Crippen molar-refractivity contribution in [2.24, 2.45) is 5.92 Å². The van der Waals surface area contributed by atoms with Crippen molar-refractivity contribution in [1.82, 2.24) is 0 Å². The first kappa shape index (κ1) is 10.9. The van der Waals surface area contributed by atoms with Crippen molar-refractivity contribution in [1.29, 1.82) is 0 Å². The molecule has 0 atom stereocenters. The summed E-state index contributed by atoms with van der Waals surface area (Å²) in [6, 6.07) is 0. The van der Waals surface area contributed by atoms with Crippen LogP contribution in [-0.4, -0.2) is 27.1 Å². The molecule has 0 aromatic carbocycles. The zero-order valence-electron chi connectivity index (χ0n) is 8.19. The van der Waals surface area contributed by atoms with E-state index in [1.54, 1.807) is 0 Å². The van der Waals surface area contributed by atoms with Gasteiger partial charge in [-0.15, -0.1) is 0 Å². The van der Waals surface area contributed by atoms with Gasteiger partial charge < -0.3 is 15.3 Å². The maximum Gasteiger partial charge on any atom is 0.335 e. The van der Waals surface area contributed by atoms with Gasteiger partial charge in [0.05, 0.1) is 5.57 Å². The van der Waals surface area contributed by atoms with Crippen LogP contribution in [0.25, 0.3) is 0 Å². The van der Waals surface area contributed by atoms with E-state index >= 15 is 0 Å². The molecule has 1 rings (SSSR count). The summed E-state index contributed by atoms with van der Waals surface area (Å²) in [6.45, 7) is 3.65. The molecular weight excluding hydrogens is 184 g/mol. The highest BCUT2D eigenvalue weighted by molar-refractivity contribution is 5.91. The van der Waals surface area contributed by atoms with Crippen molar-refractivity contribution in [2.75, 3.05) is 0 Å². The molecule has 0 fully saturated rings. The fourth-order valence-electron chi connectivity index (χ4n) is 1.48. The lowest BCUT2D eigenvalue weighted by Crippen LogP contribution is -2.30. The summed E-state index contributed by atoms with van der Waals surface area (Å²) in [6.07, 6.45) is 2.31. The highest BCUT2D eigenvalue weighted by Gasteiger charge is 2.29. The summed E-state index contributed by atoms with van der Waals surface area (Å²) in [5, 5.41) is 27.5. The smallest absolute Gasteiger partial charge is 0.335 e. The van der Waals surface area contributed by atoms with Gasteiger partial charge in [-0.2, -0.15) is 0 Å². The molecule has 4 nitrogen and oxygen atoms in total. The molecule has 0 saturated heterocycles. The van der Waals surface area contributed by atoms with Crippen molar-refractivity contribution in [3.05, 3.63) is 23.3 Å². The lowest BCUT2D eigenvalue weighted by molar-refractivity contribution is -0.133. The molecule has 0 bridgehead atoms. The summed E-state index contributed by atoms with van der Waals surface area (Å²) in [5.74, 6) is -2.94. The van der Waals surface area contributed by atoms with E-state index < -0.39 is 11.8 Å². The summed E-state index contributed by atoms with van der Waals surface area (Å²) < 4.78 is 0. The van der Waals surface area contributed by atoms with Gasteiger partial charge in [0.25, 0.3) is 0 Å². The molecule has 0 unspecified atom stereocenters. The number of aliphatic hydroxyl groups is 2. The average Bonchev–Trinajstić information content (AvgIpc) is 2.01. The van der Waals surface area contributed by atoms with Gasteiger partial charge >= 0.3 is 5.97 Å². The van der Waals surface area contributed by atoms with Gasteiger partial charge in [0.15, 0.2) is 5.79 Å². The van der Waals surface area contributed by atoms with Crippen molar-refractivity contribution in [3.8, 4) is 0 Å². The number of hydrogen-bond donors (Lipinski definition) is 3. The fourth-order valence-corrected chi connectivity index (χ4v) is 1.48. The summed E-state index contributed by atoms with van der Waals surface area (Å²) in [7, 11) is 0. The maximum absolute atomic E-state index is 10.8. The van der Waals surface area contributed by atoms with Gasteiger partial charge in [-0.3, -0.25) is 0 Å². The van der Waals surface area contributed by atoms with Gasteiger partial charge in [-0.05, 0) is 23.6 Å². The monoisotopic (exact) mass is 198 g/mol. The van der Waals surface area contributed by atoms with Gasteiger partial charge in [0.2, 0.25) is 0 Å². The number of carbonyl (C=O) groups is 1. The Morgan fingerprint density at radius 3 is 2.50 bits per heavy atom. The minimum absolute atomic E-state index is 0.00951. The maximum atomic E-state index is 10.8. The number of rotatable bonds is 2. The van der Waals surface area contributed by atoms with E-state index in [-0.39, 0.29) is 17.9 Å². The zero-order chi connectivity index (χ0) is 10.9. The molecule has 3 N–H and O–H groups in total. The SMILES string of the molecule is CC(C)C1=C(C(=O)O)C=CC(O)(O)C1. The summed E-state index contributed by atoms with van der Waals surface area (Å²) in [5.41, 5.74) is 0.726. The minimum Gasteiger partial charge on any atom is -0.478 e. The Morgan fingerprint density at radius 1 is 1.50 bits per heavy atom. The molecule has 0 heterocycles. The van der Waals surface area contributed by atoms with Crippen LogP contribution in [0.3, 0.4) is 0 Å². The fraction of sp³-hybridized carbons (Fsp3) is 0.500. The van der Waals surface area contributed by atoms with E-state index in [1.165, 1.54) is 6.08 Å². The van der Waals surface area contributed by atoms with Crippen molar-refractivity contribution in [3.63, 3.8) is 0 Å².